The van der Waals surface area contributed by atoms with E-state index >= 15 is 0 Å². The highest BCUT2D eigenvalue weighted by Gasteiger charge is 2.18. The summed E-state index contributed by atoms with van der Waals surface area (Å²) in [5.41, 5.74) is 3.37. The van der Waals surface area contributed by atoms with Crippen LogP contribution in [0, 0.1) is 0 Å². The van der Waals surface area contributed by atoms with Crippen LogP contribution in [0.1, 0.15) is 66.3 Å². The van der Waals surface area contributed by atoms with E-state index < -0.39 is 11.9 Å². The number of ether oxygens (including phenoxy) is 1. The second-order valence-electron chi connectivity index (χ2n) is 9.83. The maximum Gasteiger partial charge on any atom is 0.352 e. The molecule has 0 bridgehead atoms. The maximum atomic E-state index is 11.4. The summed E-state index contributed by atoms with van der Waals surface area (Å²) >= 11 is 0. The SMILES string of the molecule is CC(C)n1c(C(=O)O)cc2cc(O)ccc21.CC(C)n1c(C(=O)O)cc2cc(OCc3ccccc3)ccc21. The molecule has 3 aromatic carbocycles. The number of nitrogens with zero attached hydrogens (tertiary/aromatic N) is 2. The van der Waals surface area contributed by atoms with E-state index in [-0.39, 0.29) is 23.5 Å². The van der Waals surface area contributed by atoms with Crippen LogP contribution in [-0.2, 0) is 6.61 Å². The number of phenolic OH excluding ortho intramolecular Hbond substituents is 1. The summed E-state index contributed by atoms with van der Waals surface area (Å²) in [6, 6.07) is 23.9. The molecule has 2 heterocycles. The Balaban J connectivity index is 0.000000193. The van der Waals surface area contributed by atoms with E-state index in [1.165, 1.54) is 0 Å². The number of rotatable bonds is 7. The first-order chi connectivity index (χ1) is 18.6. The Morgan fingerprint density at radius 1 is 0.718 bits per heavy atom. The number of carboxylic acid groups (broad SMARTS) is 2. The number of hydrogen-bond acceptors (Lipinski definition) is 4. The van der Waals surface area contributed by atoms with Crippen LogP contribution in [0.4, 0.5) is 0 Å². The first kappa shape index (κ1) is 27.3. The van der Waals surface area contributed by atoms with Crippen LogP contribution in [-0.4, -0.2) is 36.4 Å². The summed E-state index contributed by atoms with van der Waals surface area (Å²) in [6.07, 6.45) is 0. The molecule has 5 aromatic rings. The van der Waals surface area contributed by atoms with Crippen molar-refractivity contribution in [2.45, 2.75) is 46.4 Å². The predicted molar refractivity (Wildman–Crippen MR) is 151 cm³/mol. The average molecular weight is 529 g/mol. The van der Waals surface area contributed by atoms with Gasteiger partial charge in [0.2, 0.25) is 0 Å². The largest absolute Gasteiger partial charge is 0.508 e. The van der Waals surface area contributed by atoms with E-state index in [1.54, 1.807) is 34.9 Å². The van der Waals surface area contributed by atoms with Gasteiger partial charge in [0.25, 0.3) is 0 Å². The minimum absolute atomic E-state index is 0.0631. The van der Waals surface area contributed by atoms with Gasteiger partial charge in [0, 0.05) is 33.9 Å². The summed E-state index contributed by atoms with van der Waals surface area (Å²) in [5, 5.41) is 29.5. The molecule has 5 rings (SSSR count). The minimum atomic E-state index is -0.954. The van der Waals surface area contributed by atoms with Crippen LogP contribution in [0.25, 0.3) is 21.8 Å². The van der Waals surface area contributed by atoms with Crippen molar-refractivity contribution in [2.75, 3.05) is 0 Å². The first-order valence-electron chi connectivity index (χ1n) is 12.7. The molecule has 0 radical (unpaired) electrons. The van der Waals surface area contributed by atoms with Crippen LogP contribution in [0.3, 0.4) is 0 Å². The highest BCUT2D eigenvalue weighted by molar-refractivity contribution is 5.96. The summed E-state index contributed by atoms with van der Waals surface area (Å²) in [6.45, 7) is 8.30. The normalized spacial score (nSPS) is 11.1. The third-order valence-corrected chi connectivity index (χ3v) is 6.35. The Labute approximate surface area is 226 Å². The fourth-order valence-corrected chi connectivity index (χ4v) is 4.71. The van der Waals surface area contributed by atoms with E-state index in [0.717, 1.165) is 33.1 Å². The zero-order chi connectivity index (χ0) is 28.3. The summed E-state index contributed by atoms with van der Waals surface area (Å²) in [4.78, 5) is 22.5. The number of hydrogen-bond donors (Lipinski definition) is 3. The first-order valence-corrected chi connectivity index (χ1v) is 12.7. The summed E-state index contributed by atoms with van der Waals surface area (Å²) in [7, 11) is 0. The van der Waals surface area contributed by atoms with Crippen LogP contribution in [0.2, 0.25) is 0 Å². The number of phenols is 1. The lowest BCUT2D eigenvalue weighted by Gasteiger charge is -2.12. The number of fused-ring (bicyclic) bond motifs is 2. The van der Waals surface area contributed by atoms with Gasteiger partial charge < -0.3 is 29.2 Å². The highest BCUT2D eigenvalue weighted by atomic mass is 16.5. The van der Waals surface area contributed by atoms with E-state index in [0.29, 0.717) is 12.3 Å². The third kappa shape index (κ3) is 5.90. The van der Waals surface area contributed by atoms with Gasteiger partial charge in [-0.15, -0.1) is 0 Å². The zero-order valence-corrected chi connectivity index (χ0v) is 22.3. The Morgan fingerprint density at radius 3 is 1.74 bits per heavy atom. The lowest BCUT2D eigenvalue weighted by Crippen LogP contribution is -2.10. The molecular weight excluding hydrogens is 496 g/mol. The van der Waals surface area contributed by atoms with Crippen molar-refractivity contribution in [2.24, 2.45) is 0 Å². The second-order valence-corrected chi connectivity index (χ2v) is 9.83. The van der Waals surface area contributed by atoms with E-state index in [2.05, 4.69) is 0 Å². The number of aromatic carboxylic acids is 2. The minimum Gasteiger partial charge on any atom is -0.508 e. The van der Waals surface area contributed by atoms with Gasteiger partial charge in [-0.1, -0.05) is 30.3 Å². The molecule has 3 N–H and O–H groups in total. The Morgan fingerprint density at radius 2 is 1.23 bits per heavy atom. The van der Waals surface area contributed by atoms with Gasteiger partial charge in [0.15, 0.2) is 0 Å². The van der Waals surface area contributed by atoms with Gasteiger partial charge in [0.05, 0.1) is 0 Å². The average Bonchev–Trinajstić information content (AvgIpc) is 3.47. The molecule has 0 unspecified atom stereocenters. The molecule has 0 amide bonds. The Hall–Kier alpha value is -4.72. The Bertz CT molecular complexity index is 1630. The van der Waals surface area contributed by atoms with Crippen molar-refractivity contribution in [3.8, 4) is 11.5 Å². The molecule has 0 saturated carbocycles. The van der Waals surface area contributed by atoms with Gasteiger partial charge in [-0.25, -0.2) is 9.59 Å². The smallest absolute Gasteiger partial charge is 0.352 e. The number of carboxylic acids is 2. The van der Waals surface area contributed by atoms with Crippen LogP contribution in [0.15, 0.2) is 78.9 Å². The molecular formula is C31H32N2O6. The molecule has 202 valence electrons. The molecule has 0 aliphatic heterocycles. The van der Waals surface area contributed by atoms with Crippen LogP contribution < -0.4 is 4.74 Å². The van der Waals surface area contributed by atoms with Gasteiger partial charge in [-0.3, -0.25) is 0 Å². The van der Waals surface area contributed by atoms with E-state index in [4.69, 9.17) is 9.84 Å². The third-order valence-electron chi connectivity index (χ3n) is 6.35. The lowest BCUT2D eigenvalue weighted by atomic mass is 10.2. The van der Waals surface area contributed by atoms with Gasteiger partial charge >= 0.3 is 11.9 Å². The van der Waals surface area contributed by atoms with Crippen molar-refractivity contribution >= 4 is 33.7 Å². The second kappa shape index (κ2) is 11.3. The lowest BCUT2D eigenvalue weighted by molar-refractivity contribution is 0.0673. The van der Waals surface area contributed by atoms with Crippen molar-refractivity contribution in [1.82, 2.24) is 9.13 Å². The highest BCUT2D eigenvalue weighted by Crippen LogP contribution is 2.29. The summed E-state index contributed by atoms with van der Waals surface area (Å²) < 4.78 is 9.39. The molecule has 2 aromatic heterocycles. The quantitative estimate of drug-likeness (QED) is 0.207. The fourth-order valence-electron chi connectivity index (χ4n) is 4.71. The molecule has 0 spiro atoms. The van der Waals surface area contributed by atoms with Gasteiger partial charge in [0.1, 0.15) is 29.5 Å². The van der Waals surface area contributed by atoms with Crippen LogP contribution in [0.5, 0.6) is 11.5 Å². The molecule has 0 fully saturated rings. The maximum absolute atomic E-state index is 11.4. The van der Waals surface area contributed by atoms with Crippen molar-refractivity contribution in [1.29, 1.82) is 0 Å². The number of carbonyl (C=O) groups is 2. The molecule has 8 nitrogen and oxygen atoms in total. The zero-order valence-electron chi connectivity index (χ0n) is 22.3. The van der Waals surface area contributed by atoms with E-state index in [1.807, 2.05) is 80.8 Å². The number of benzene rings is 3. The number of aromatic nitrogens is 2. The summed E-state index contributed by atoms with van der Waals surface area (Å²) in [5.74, 6) is -0.990. The van der Waals surface area contributed by atoms with Crippen molar-refractivity contribution in [3.05, 3.63) is 95.8 Å². The topological polar surface area (TPSA) is 114 Å². The molecule has 0 aliphatic rings. The standard InChI is InChI=1S/C19H19NO3.C12H13NO3/c1-13(2)20-17-9-8-16(10-15(17)11-18(20)19(21)22)23-12-14-6-4-3-5-7-14;1-7(2)13-10-4-3-9(14)5-8(10)6-11(13)12(15)16/h3-11,13H,12H2,1-2H3,(H,21,22);3-7,14H,1-2H3,(H,15,16). The molecule has 0 saturated heterocycles. The monoisotopic (exact) mass is 528 g/mol. The Kier molecular flexibility index (Phi) is 7.95. The molecule has 0 atom stereocenters. The number of aromatic hydroxyl groups is 1. The molecule has 0 aliphatic carbocycles. The van der Waals surface area contributed by atoms with E-state index in [9.17, 15) is 19.8 Å². The molecule has 8 heteroatoms. The van der Waals surface area contributed by atoms with Crippen molar-refractivity contribution < 1.29 is 29.6 Å². The predicted octanol–water partition coefficient (Wildman–Crippen LogP) is 7.13. The molecule has 39 heavy (non-hydrogen) atoms. The van der Waals surface area contributed by atoms with Gasteiger partial charge in [-0.05, 0) is 81.8 Å². The van der Waals surface area contributed by atoms with Crippen molar-refractivity contribution in [3.63, 3.8) is 0 Å². The van der Waals surface area contributed by atoms with Gasteiger partial charge in [-0.2, -0.15) is 0 Å². The fraction of sp³-hybridized carbons (Fsp3) is 0.226. The van der Waals surface area contributed by atoms with Crippen LogP contribution >= 0.6 is 0 Å².